The van der Waals surface area contributed by atoms with E-state index in [1.165, 1.54) is 38.5 Å². The third-order valence-electron chi connectivity index (χ3n) is 4.86. The molecule has 70 valence electrons. The summed E-state index contributed by atoms with van der Waals surface area (Å²) in [4.78, 5) is 0. The number of hydrogen-bond donors (Lipinski definition) is 1. The van der Waals surface area contributed by atoms with Crippen LogP contribution >= 0.6 is 0 Å². The van der Waals surface area contributed by atoms with Crippen molar-refractivity contribution in [2.75, 3.05) is 0 Å². The van der Waals surface area contributed by atoms with Gasteiger partial charge in [0.25, 0.3) is 0 Å². The second-order valence-electron chi connectivity index (χ2n) is 5.05. The SMILES string of the molecule is CCC1(N)CCCC2CCC21C. The molecular formula is C11H21N. The molecule has 2 aliphatic carbocycles. The van der Waals surface area contributed by atoms with E-state index in [1.54, 1.807) is 0 Å². The van der Waals surface area contributed by atoms with E-state index in [0.717, 1.165) is 5.92 Å². The number of fused-ring (bicyclic) bond motifs is 1. The van der Waals surface area contributed by atoms with Crippen LogP contribution in [-0.4, -0.2) is 5.54 Å². The van der Waals surface area contributed by atoms with Crippen molar-refractivity contribution >= 4 is 0 Å². The van der Waals surface area contributed by atoms with Gasteiger partial charge in [0, 0.05) is 5.54 Å². The van der Waals surface area contributed by atoms with Crippen molar-refractivity contribution in [1.82, 2.24) is 0 Å². The van der Waals surface area contributed by atoms with Crippen molar-refractivity contribution in [3.8, 4) is 0 Å². The largest absolute Gasteiger partial charge is 0.325 e. The Morgan fingerprint density at radius 3 is 2.50 bits per heavy atom. The van der Waals surface area contributed by atoms with Crippen LogP contribution in [-0.2, 0) is 0 Å². The van der Waals surface area contributed by atoms with E-state index in [4.69, 9.17) is 5.73 Å². The molecule has 0 bridgehead atoms. The van der Waals surface area contributed by atoms with Gasteiger partial charge in [0.15, 0.2) is 0 Å². The summed E-state index contributed by atoms with van der Waals surface area (Å²) in [6.45, 7) is 4.68. The third kappa shape index (κ3) is 0.834. The summed E-state index contributed by atoms with van der Waals surface area (Å²) in [5, 5.41) is 0. The highest BCUT2D eigenvalue weighted by atomic mass is 14.8. The van der Waals surface area contributed by atoms with Crippen LogP contribution in [0, 0.1) is 11.3 Å². The number of hydrogen-bond acceptors (Lipinski definition) is 1. The molecule has 0 spiro atoms. The molecule has 0 radical (unpaired) electrons. The number of rotatable bonds is 1. The Hall–Kier alpha value is -0.0400. The zero-order valence-corrected chi connectivity index (χ0v) is 8.40. The van der Waals surface area contributed by atoms with Crippen LogP contribution in [0.5, 0.6) is 0 Å². The van der Waals surface area contributed by atoms with Gasteiger partial charge in [0.2, 0.25) is 0 Å². The minimum atomic E-state index is 0.175. The lowest BCUT2D eigenvalue weighted by atomic mass is 9.46. The van der Waals surface area contributed by atoms with Gasteiger partial charge in [-0.15, -0.1) is 0 Å². The van der Waals surface area contributed by atoms with Crippen LogP contribution in [0.4, 0.5) is 0 Å². The molecule has 3 unspecified atom stereocenters. The van der Waals surface area contributed by atoms with Crippen molar-refractivity contribution in [2.45, 2.75) is 57.9 Å². The van der Waals surface area contributed by atoms with E-state index in [1.807, 2.05) is 0 Å². The third-order valence-corrected chi connectivity index (χ3v) is 4.86. The minimum Gasteiger partial charge on any atom is -0.325 e. The fourth-order valence-electron chi connectivity index (χ4n) is 3.43. The van der Waals surface area contributed by atoms with Gasteiger partial charge in [-0.2, -0.15) is 0 Å². The first kappa shape index (κ1) is 8.55. The van der Waals surface area contributed by atoms with Gasteiger partial charge in [-0.05, 0) is 43.4 Å². The summed E-state index contributed by atoms with van der Waals surface area (Å²) in [6.07, 6.45) is 8.05. The molecule has 0 heterocycles. The standard InChI is InChI=1S/C11H21N/c1-3-11(12)7-4-5-9-6-8-10(9,11)2/h9H,3-8,12H2,1-2H3. The van der Waals surface area contributed by atoms with Gasteiger partial charge in [-0.25, -0.2) is 0 Å². The van der Waals surface area contributed by atoms with Crippen molar-refractivity contribution < 1.29 is 0 Å². The second kappa shape index (κ2) is 2.47. The summed E-state index contributed by atoms with van der Waals surface area (Å²) >= 11 is 0. The van der Waals surface area contributed by atoms with Gasteiger partial charge < -0.3 is 5.73 Å². The Labute approximate surface area is 75.7 Å². The van der Waals surface area contributed by atoms with E-state index in [0.29, 0.717) is 5.41 Å². The molecule has 3 atom stereocenters. The molecule has 2 aliphatic rings. The van der Waals surface area contributed by atoms with E-state index in [2.05, 4.69) is 13.8 Å². The monoisotopic (exact) mass is 167 g/mol. The maximum Gasteiger partial charge on any atom is 0.0208 e. The van der Waals surface area contributed by atoms with E-state index in [-0.39, 0.29) is 5.54 Å². The molecule has 0 aromatic rings. The second-order valence-corrected chi connectivity index (χ2v) is 5.05. The van der Waals surface area contributed by atoms with Gasteiger partial charge in [-0.3, -0.25) is 0 Å². The zero-order chi connectivity index (χ0) is 8.82. The molecule has 1 nitrogen and oxygen atoms in total. The molecule has 12 heavy (non-hydrogen) atoms. The molecule has 2 rings (SSSR count). The maximum absolute atomic E-state index is 6.48. The molecule has 0 aliphatic heterocycles. The predicted octanol–water partition coefficient (Wildman–Crippen LogP) is 2.69. The highest BCUT2D eigenvalue weighted by Gasteiger charge is 2.55. The van der Waals surface area contributed by atoms with Gasteiger partial charge >= 0.3 is 0 Å². The average molecular weight is 167 g/mol. The Balaban J connectivity index is 2.22. The number of nitrogens with two attached hydrogens (primary N) is 1. The van der Waals surface area contributed by atoms with Crippen LogP contribution in [0.2, 0.25) is 0 Å². The van der Waals surface area contributed by atoms with Crippen molar-refractivity contribution in [3.05, 3.63) is 0 Å². The maximum atomic E-state index is 6.48. The summed E-state index contributed by atoms with van der Waals surface area (Å²) in [5.41, 5.74) is 7.15. The molecule has 0 amide bonds. The first-order valence-corrected chi connectivity index (χ1v) is 5.41. The van der Waals surface area contributed by atoms with E-state index >= 15 is 0 Å². The molecular weight excluding hydrogens is 146 g/mol. The van der Waals surface area contributed by atoms with Gasteiger partial charge in [-0.1, -0.05) is 20.3 Å². The molecule has 2 saturated carbocycles. The zero-order valence-electron chi connectivity index (χ0n) is 8.40. The van der Waals surface area contributed by atoms with Crippen molar-refractivity contribution in [3.63, 3.8) is 0 Å². The molecule has 0 saturated heterocycles. The fourth-order valence-corrected chi connectivity index (χ4v) is 3.43. The minimum absolute atomic E-state index is 0.175. The molecule has 0 aromatic carbocycles. The van der Waals surface area contributed by atoms with Crippen LogP contribution in [0.3, 0.4) is 0 Å². The molecule has 0 aromatic heterocycles. The quantitative estimate of drug-likeness (QED) is 0.638. The fraction of sp³-hybridized carbons (Fsp3) is 1.00. The summed E-state index contributed by atoms with van der Waals surface area (Å²) in [7, 11) is 0. The van der Waals surface area contributed by atoms with Crippen molar-refractivity contribution in [1.29, 1.82) is 0 Å². The molecule has 2 fully saturated rings. The van der Waals surface area contributed by atoms with Crippen molar-refractivity contribution in [2.24, 2.45) is 17.1 Å². The lowest BCUT2D eigenvalue weighted by molar-refractivity contribution is -0.0717. The molecule has 2 N–H and O–H groups in total. The predicted molar refractivity (Wildman–Crippen MR) is 51.9 cm³/mol. The highest BCUT2D eigenvalue weighted by molar-refractivity contribution is 5.10. The van der Waals surface area contributed by atoms with E-state index < -0.39 is 0 Å². The summed E-state index contributed by atoms with van der Waals surface area (Å²) < 4.78 is 0. The Morgan fingerprint density at radius 1 is 1.33 bits per heavy atom. The Morgan fingerprint density at radius 2 is 2.08 bits per heavy atom. The first-order valence-electron chi connectivity index (χ1n) is 5.41. The van der Waals surface area contributed by atoms with Crippen LogP contribution in [0.15, 0.2) is 0 Å². The van der Waals surface area contributed by atoms with Gasteiger partial charge in [0.1, 0.15) is 0 Å². The summed E-state index contributed by atoms with van der Waals surface area (Å²) in [6, 6.07) is 0. The topological polar surface area (TPSA) is 26.0 Å². The van der Waals surface area contributed by atoms with Crippen LogP contribution in [0.1, 0.15) is 52.4 Å². The molecule has 1 heteroatoms. The summed E-state index contributed by atoms with van der Waals surface area (Å²) in [5.74, 6) is 0.955. The van der Waals surface area contributed by atoms with Crippen LogP contribution in [0.25, 0.3) is 0 Å². The Bertz CT molecular complexity index is 183. The average Bonchev–Trinajstić information content (AvgIpc) is 2.06. The Kier molecular flexibility index (Phi) is 1.76. The first-order chi connectivity index (χ1) is 5.62. The van der Waals surface area contributed by atoms with Crippen LogP contribution < -0.4 is 5.73 Å². The smallest absolute Gasteiger partial charge is 0.0208 e. The van der Waals surface area contributed by atoms with Gasteiger partial charge in [0.05, 0.1) is 0 Å². The normalized spacial score (nSPS) is 52.8. The van der Waals surface area contributed by atoms with E-state index in [9.17, 15) is 0 Å². The lowest BCUT2D eigenvalue weighted by Crippen LogP contribution is -2.63. The lowest BCUT2D eigenvalue weighted by Gasteiger charge is -2.61. The highest BCUT2D eigenvalue weighted by Crippen LogP contribution is 2.59.